The maximum absolute atomic E-state index is 12.2. The molecule has 0 aliphatic carbocycles. The fourth-order valence-corrected chi connectivity index (χ4v) is 2.35. The van der Waals surface area contributed by atoms with Gasteiger partial charge in [0.25, 0.3) is 0 Å². The highest BCUT2D eigenvalue weighted by atomic mass is 16.2. The van der Waals surface area contributed by atoms with Crippen LogP contribution in [0.5, 0.6) is 0 Å². The van der Waals surface area contributed by atoms with Crippen LogP contribution in [0.2, 0.25) is 0 Å². The topological polar surface area (TPSA) is 61.4 Å². The summed E-state index contributed by atoms with van der Waals surface area (Å²) in [7, 11) is 0. The van der Waals surface area contributed by atoms with Gasteiger partial charge in [-0.1, -0.05) is 48.5 Å². The summed E-state index contributed by atoms with van der Waals surface area (Å²) in [4.78, 5) is 25.0. The van der Waals surface area contributed by atoms with Crippen molar-refractivity contribution in [3.05, 3.63) is 66.2 Å². The van der Waals surface area contributed by atoms with Crippen molar-refractivity contribution in [2.75, 3.05) is 24.5 Å². The molecule has 0 saturated heterocycles. The van der Waals surface area contributed by atoms with Gasteiger partial charge in [-0.15, -0.1) is 0 Å². The first-order valence-electron chi connectivity index (χ1n) is 8.00. The van der Waals surface area contributed by atoms with E-state index >= 15 is 0 Å². The van der Waals surface area contributed by atoms with Crippen molar-refractivity contribution in [2.45, 2.75) is 13.5 Å². The van der Waals surface area contributed by atoms with Crippen molar-refractivity contribution in [1.29, 1.82) is 0 Å². The maximum atomic E-state index is 12.2. The van der Waals surface area contributed by atoms with Crippen LogP contribution in [0.3, 0.4) is 0 Å². The molecule has 0 heterocycles. The summed E-state index contributed by atoms with van der Waals surface area (Å²) in [6.07, 6.45) is 0. The van der Waals surface area contributed by atoms with Crippen LogP contribution in [-0.2, 0) is 16.1 Å². The maximum Gasteiger partial charge on any atom is 0.239 e. The Hall–Kier alpha value is -2.82. The quantitative estimate of drug-likeness (QED) is 0.729. The lowest BCUT2D eigenvalue weighted by Gasteiger charge is -2.24. The first kappa shape index (κ1) is 17.5. The lowest BCUT2D eigenvalue weighted by atomic mass is 10.2. The Morgan fingerprint density at radius 1 is 0.875 bits per heavy atom. The smallest absolute Gasteiger partial charge is 0.239 e. The molecule has 0 aromatic heterocycles. The van der Waals surface area contributed by atoms with Crippen LogP contribution in [0.1, 0.15) is 12.5 Å². The lowest BCUT2D eigenvalue weighted by molar-refractivity contribution is -0.121. The highest BCUT2D eigenvalue weighted by molar-refractivity contribution is 5.81. The second-order valence-corrected chi connectivity index (χ2v) is 5.51. The van der Waals surface area contributed by atoms with Gasteiger partial charge in [-0.3, -0.25) is 9.59 Å². The van der Waals surface area contributed by atoms with Crippen molar-refractivity contribution in [2.24, 2.45) is 0 Å². The molecule has 0 aliphatic heterocycles. The molecule has 2 rings (SSSR count). The van der Waals surface area contributed by atoms with Gasteiger partial charge in [0.15, 0.2) is 0 Å². The fraction of sp³-hybridized carbons (Fsp3) is 0.263. The number of para-hydroxylation sites is 1. The molecule has 5 heteroatoms. The van der Waals surface area contributed by atoms with E-state index in [1.165, 1.54) is 6.92 Å². The first-order chi connectivity index (χ1) is 11.6. The van der Waals surface area contributed by atoms with E-state index in [1.807, 2.05) is 65.6 Å². The van der Waals surface area contributed by atoms with E-state index in [9.17, 15) is 9.59 Å². The third-order valence-electron chi connectivity index (χ3n) is 3.49. The third-order valence-corrected chi connectivity index (χ3v) is 3.49. The average Bonchev–Trinajstić information content (AvgIpc) is 2.60. The Morgan fingerprint density at radius 3 is 2.08 bits per heavy atom. The van der Waals surface area contributed by atoms with Gasteiger partial charge >= 0.3 is 0 Å². The van der Waals surface area contributed by atoms with Crippen molar-refractivity contribution >= 4 is 17.5 Å². The summed E-state index contributed by atoms with van der Waals surface area (Å²) >= 11 is 0. The molecular weight excluding hydrogens is 302 g/mol. The van der Waals surface area contributed by atoms with Gasteiger partial charge in [0.1, 0.15) is 0 Å². The summed E-state index contributed by atoms with van der Waals surface area (Å²) < 4.78 is 0. The lowest BCUT2D eigenvalue weighted by Crippen LogP contribution is -2.40. The summed E-state index contributed by atoms with van der Waals surface area (Å²) in [5, 5.41) is 5.49. The number of benzene rings is 2. The molecule has 2 aromatic rings. The van der Waals surface area contributed by atoms with Gasteiger partial charge in [-0.05, 0) is 17.7 Å². The van der Waals surface area contributed by atoms with E-state index in [2.05, 4.69) is 10.6 Å². The van der Waals surface area contributed by atoms with Gasteiger partial charge in [-0.25, -0.2) is 0 Å². The molecule has 0 fully saturated rings. The fourth-order valence-electron chi connectivity index (χ4n) is 2.35. The normalized spacial score (nSPS) is 10.0. The Labute approximate surface area is 142 Å². The van der Waals surface area contributed by atoms with E-state index in [4.69, 9.17) is 0 Å². The second-order valence-electron chi connectivity index (χ2n) is 5.51. The predicted molar refractivity (Wildman–Crippen MR) is 95.6 cm³/mol. The molecule has 0 unspecified atom stereocenters. The van der Waals surface area contributed by atoms with Crippen LogP contribution in [0.25, 0.3) is 0 Å². The second kappa shape index (κ2) is 9.35. The van der Waals surface area contributed by atoms with Gasteiger partial charge in [0.2, 0.25) is 11.8 Å². The molecule has 5 nitrogen and oxygen atoms in total. The number of anilines is 1. The number of amides is 2. The van der Waals surface area contributed by atoms with Gasteiger partial charge in [0, 0.05) is 32.2 Å². The molecule has 2 N–H and O–H groups in total. The zero-order valence-corrected chi connectivity index (χ0v) is 13.9. The molecular formula is C19H23N3O2. The summed E-state index contributed by atoms with van der Waals surface area (Å²) in [5.74, 6) is -0.167. The van der Waals surface area contributed by atoms with Crippen LogP contribution in [-0.4, -0.2) is 31.4 Å². The zero-order valence-electron chi connectivity index (χ0n) is 13.9. The minimum absolute atomic E-state index is 0.0693. The number of hydrogen-bond donors (Lipinski definition) is 2. The number of carbonyl (C=O) groups is 2. The van der Waals surface area contributed by atoms with Crippen LogP contribution in [0, 0.1) is 0 Å². The molecule has 0 radical (unpaired) electrons. The number of nitrogens with one attached hydrogen (secondary N) is 2. The molecule has 0 bridgehead atoms. The molecule has 2 aromatic carbocycles. The van der Waals surface area contributed by atoms with Crippen molar-refractivity contribution in [1.82, 2.24) is 10.6 Å². The molecule has 126 valence electrons. The van der Waals surface area contributed by atoms with Crippen LogP contribution in [0.15, 0.2) is 60.7 Å². The molecule has 0 saturated carbocycles. The number of carbonyl (C=O) groups excluding carboxylic acids is 2. The third kappa shape index (κ3) is 6.12. The van der Waals surface area contributed by atoms with E-state index < -0.39 is 0 Å². The van der Waals surface area contributed by atoms with Gasteiger partial charge in [0.05, 0.1) is 6.54 Å². The van der Waals surface area contributed by atoms with Crippen molar-refractivity contribution in [3.63, 3.8) is 0 Å². The van der Waals surface area contributed by atoms with Crippen LogP contribution in [0.4, 0.5) is 5.69 Å². The molecule has 0 aliphatic rings. The molecule has 0 spiro atoms. The molecule has 24 heavy (non-hydrogen) atoms. The predicted octanol–water partition coefficient (Wildman–Crippen LogP) is 1.95. The minimum atomic E-state index is -0.0979. The van der Waals surface area contributed by atoms with Crippen molar-refractivity contribution in [3.8, 4) is 0 Å². The van der Waals surface area contributed by atoms with E-state index in [0.717, 1.165) is 11.3 Å². The highest BCUT2D eigenvalue weighted by Crippen LogP contribution is 2.16. The Balaban J connectivity index is 1.96. The standard InChI is InChI=1S/C19H23N3O2/c1-16(23)20-12-13-21-19(24)15-22(18-10-6-3-7-11-18)14-17-8-4-2-5-9-17/h2-11H,12-15H2,1H3,(H,20,23)(H,21,24). The summed E-state index contributed by atoms with van der Waals surface area (Å²) in [6.45, 7) is 3.24. The Bertz CT molecular complexity index is 644. The van der Waals surface area contributed by atoms with Gasteiger partial charge < -0.3 is 15.5 Å². The first-order valence-corrected chi connectivity index (χ1v) is 8.00. The minimum Gasteiger partial charge on any atom is -0.358 e. The largest absolute Gasteiger partial charge is 0.358 e. The zero-order chi connectivity index (χ0) is 17.2. The number of rotatable bonds is 8. The monoisotopic (exact) mass is 325 g/mol. The van der Waals surface area contributed by atoms with Crippen molar-refractivity contribution < 1.29 is 9.59 Å². The number of hydrogen-bond acceptors (Lipinski definition) is 3. The van der Waals surface area contributed by atoms with Crippen LogP contribution >= 0.6 is 0 Å². The van der Waals surface area contributed by atoms with E-state index in [-0.39, 0.29) is 18.4 Å². The SMILES string of the molecule is CC(=O)NCCNC(=O)CN(Cc1ccccc1)c1ccccc1. The van der Waals surface area contributed by atoms with Gasteiger partial charge in [-0.2, -0.15) is 0 Å². The molecule has 2 amide bonds. The summed E-state index contributed by atoms with van der Waals surface area (Å²) in [5.41, 5.74) is 2.14. The summed E-state index contributed by atoms with van der Waals surface area (Å²) in [6, 6.07) is 19.9. The van der Waals surface area contributed by atoms with E-state index in [1.54, 1.807) is 0 Å². The highest BCUT2D eigenvalue weighted by Gasteiger charge is 2.12. The average molecular weight is 325 g/mol. The molecule has 0 atom stereocenters. The number of nitrogens with zero attached hydrogens (tertiary/aromatic N) is 1. The Morgan fingerprint density at radius 2 is 1.46 bits per heavy atom. The van der Waals surface area contributed by atoms with E-state index in [0.29, 0.717) is 19.6 Å². The van der Waals surface area contributed by atoms with Crippen LogP contribution < -0.4 is 15.5 Å². The Kier molecular flexibility index (Phi) is 6.83.